The molecule has 0 radical (unpaired) electrons. The molecule has 0 atom stereocenters. The third-order valence-corrected chi connectivity index (χ3v) is 2.81. The number of nitrogens with one attached hydrogen (secondary N) is 2. The zero-order valence-electron chi connectivity index (χ0n) is 8.57. The number of aromatic amines is 1. The van der Waals surface area contributed by atoms with E-state index in [0.717, 1.165) is 0 Å². The van der Waals surface area contributed by atoms with Crippen LogP contribution < -0.4 is 5.32 Å². The van der Waals surface area contributed by atoms with Gasteiger partial charge in [-0.05, 0) is 28.1 Å². The Morgan fingerprint density at radius 1 is 1.47 bits per heavy atom. The molecule has 6 heteroatoms. The number of hydrogen-bond acceptors (Lipinski definition) is 3. The number of anilines is 1. The second-order valence-corrected chi connectivity index (χ2v) is 4.06. The van der Waals surface area contributed by atoms with Crippen LogP contribution in [0.25, 0.3) is 0 Å². The van der Waals surface area contributed by atoms with Crippen molar-refractivity contribution in [1.82, 2.24) is 10.2 Å². The first-order chi connectivity index (χ1) is 8.22. The molecular formula is C11H7BrN4O. The molecule has 0 spiro atoms. The molecule has 0 saturated carbocycles. The van der Waals surface area contributed by atoms with Crippen LogP contribution in [0.1, 0.15) is 15.9 Å². The molecule has 17 heavy (non-hydrogen) atoms. The first kappa shape index (κ1) is 11.4. The number of halogens is 1. The zero-order chi connectivity index (χ0) is 12.3. The summed E-state index contributed by atoms with van der Waals surface area (Å²) in [7, 11) is 0. The first-order valence-electron chi connectivity index (χ1n) is 4.71. The third kappa shape index (κ3) is 2.34. The number of H-pyrrole nitrogens is 1. The van der Waals surface area contributed by atoms with Gasteiger partial charge in [-0.2, -0.15) is 10.4 Å². The van der Waals surface area contributed by atoms with Crippen molar-refractivity contribution in [1.29, 1.82) is 5.26 Å². The van der Waals surface area contributed by atoms with Crippen LogP contribution in [0.3, 0.4) is 0 Å². The summed E-state index contributed by atoms with van der Waals surface area (Å²) in [4.78, 5) is 11.9. The summed E-state index contributed by atoms with van der Waals surface area (Å²) in [5.41, 5.74) is 0.788. The Labute approximate surface area is 106 Å². The van der Waals surface area contributed by atoms with E-state index in [1.165, 1.54) is 6.20 Å². The second kappa shape index (κ2) is 4.80. The van der Waals surface area contributed by atoms with E-state index in [2.05, 4.69) is 31.4 Å². The van der Waals surface area contributed by atoms with Crippen LogP contribution in [-0.4, -0.2) is 16.1 Å². The quantitative estimate of drug-likeness (QED) is 0.890. The summed E-state index contributed by atoms with van der Waals surface area (Å²) in [5.74, 6) is -0.00789. The van der Waals surface area contributed by atoms with Gasteiger partial charge in [0.15, 0.2) is 0 Å². The molecule has 2 aromatic rings. The van der Waals surface area contributed by atoms with E-state index >= 15 is 0 Å². The summed E-state index contributed by atoms with van der Waals surface area (Å²) < 4.78 is 0.690. The van der Waals surface area contributed by atoms with Crippen LogP contribution >= 0.6 is 15.9 Å². The predicted molar refractivity (Wildman–Crippen MR) is 65.4 cm³/mol. The lowest BCUT2D eigenvalue weighted by Crippen LogP contribution is -2.13. The highest BCUT2D eigenvalue weighted by molar-refractivity contribution is 9.10. The molecular weight excluding hydrogens is 284 g/mol. The molecule has 0 saturated heterocycles. The average Bonchev–Trinajstić information content (AvgIpc) is 2.76. The van der Waals surface area contributed by atoms with E-state index in [9.17, 15) is 4.79 Å². The largest absolute Gasteiger partial charge is 0.306 e. The highest BCUT2D eigenvalue weighted by Crippen LogP contribution is 2.18. The molecule has 0 unspecified atom stereocenters. The maximum Gasteiger partial charge on any atom is 0.257 e. The zero-order valence-corrected chi connectivity index (χ0v) is 10.2. The Hall–Kier alpha value is -2.13. The van der Waals surface area contributed by atoms with E-state index in [1.54, 1.807) is 18.2 Å². The minimum absolute atomic E-state index is 0.297. The van der Waals surface area contributed by atoms with E-state index in [-0.39, 0.29) is 5.91 Å². The molecule has 84 valence electrons. The molecule has 0 fully saturated rings. The summed E-state index contributed by atoms with van der Waals surface area (Å²) in [6.45, 7) is 0. The standard InChI is InChI=1S/C11H7BrN4O/c12-9-4-2-1-3-8(9)11(17)15-10-7(5-13)6-14-16-10/h1-4,6H,(H2,14,15,16,17). The van der Waals surface area contributed by atoms with Crippen LogP contribution in [0.15, 0.2) is 34.9 Å². The van der Waals surface area contributed by atoms with Gasteiger partial charge < -0.3 is 5.32 Å². The van der Waals surface area contributed by atoms with Crippen LogP contribution in [0.2, 0.25) is 0 Å². The van der Waals surface area contributed by atoms with Gasteiger partial charge in [-0.15, -0.1) is 0 Å². The van der Waals surface area contributed by atoms with Gasteiger partial charge in [0.2, 0.25) is 0 Å². The molecule has 0 bridgehead atoms. The van der Waals surface area contributed by atoms with Crippen molar-refractivity contribution in [3.8, 4) is 6.07 Å². The Bertz CT molecular complexity index is 600. The number of carbonyl (C=O) groups excluding carboxylic acids is 1. The fourth-order valence-corrected chi connectivity index (χ4v) is 1.76. The van der Waals surface area contributed by atoms with Gasteiger partial charge >= 0.3 is 0 Å². The van der Waals surface area contributed by atoms with Gasteiger partial charge in [0.25, 0.3) is 5.91 Å². The summed E-state index contributed by atoms with van der Waals surface area (Å²) >= 11 is 3.28. The van der Waals surface area contributed by atoms with Gasteiger partial charge in [0.05, 0.1) is 11.8 Å². The van der Waals surface area contributed by atoms with Gasteiger partial charge in [0, 0.05) is 4.47 Å². The number of carbonyl (C=O) groups is 1. The molecule has 0 aliphatic rings. The fraction of sp³-hybridized carbons (Fsp3) is 0. The summed E-state index contributed by atoms with van der Waals surface area (Å²) in [5, 5.41) is 17.6. The van der Waals surface area contributed by atoms with Crippen molar-refractivity contribution in [3.63, 3.8) is 0 Å². The van der Waals surface area contributed by atoms with E-state index in [4.69, 9.17) is 5.26 Å². The Morgan fingerprint density at radius 2 is 2.24 bits per heavy atom. The fourth-order valence-electron chi connectivity index (χ4n) is 1.29. The Morgan fingerprint density at radius 3 is 2.94 bits per heavy atom. The van der Waals surface area contributed by atoms with Crippen molar-refractivity contribution >= 4 is 27.7 Å². The number of aromatic nitrogens is 2. The number of amides is 1. The van der Waals surface area contributed by atoms with Crippen molar-refractivity contribution < 1.29 is 4.79 Å². The van der Waals surface area contributed by atoms with Crippen LogP contribution in [0.5, 0.6) is 0 Å². The SMILES string of the molecule is N#Cc1cn[nH]c1NC(=O)c1ccccc1Br. The predicted octanol–water partition coefficient (Wildman–Crippen LogP) is 2.30. The molecule has 0 aliphatic heterocycles. The molecule has 2 rings (SSSR count). The lowest BCUT2D eigenvalue weighted by molar-refractivity contribution is 0.102. The van der Waals surface area contributed by atoms with Crippen molar-refractivity contribution in [2.24, 2.45) is 0 Å². The van der Waals surface area contributed by atoms with Crippen molar-refractivity contribution in [2.75, 3.05) is 5.32 Å². The average molecular weight is 291 g/mol. The number of hydrogen-bond donors (Lipinski definition) is 2. The van der Waals surface area contributed by atoms with Gasteiger partial charge in [-0.3, -0.25) is 9.89 Å². The topological polar surface area (TPSA) is 81.6 Å². The number of nitriles is 1. The highest BCUT2D eigenvalue weighted by atomic mass is 79.9. The van der Waals surface area contributed by atoms with Crippen molar-refractivity contribution in [3.05, 3.63) is 46.1 Å². The maximum atomic E-state index is 11.9. The van der Waals surface area contributed by atoms with Gasteiger partial charge in [-0.1, -0.05) is 12.1 Å². The number of rotatable bonds is 2. The summed E-state index contributed by atoms with van der Waals surface area (Å²) in [6.07, 6.45) is 1.36. The van der Waals surface area contributed by atoms with Gasteiger partial charge in [0.1, 0.15) is 17.5 Å². The van der Waals surface area contributed by atoms with Crippen LogP contribution in [0.4, 0.5) is 5.82 Å². The molecule has 2 N–H and O–H groups in total. The normalized spacial score (nSPS) is 9.65. The molecule has 1 heterocycles. The van der Waals surface area contributed by atoms with E-state index < -0.39 is 0 Å². The molecule has 1 aromatic heterocycles. The smallest absolute Gasteiger partial charge is 0.257 e. The Kier molecular flexibility index (Phi) is 3.21. The molecule has 1 amide bonds. The molecule has 5 nitrogen and oxygen atoms in total. The number of benzene rings is 1. The lowest BCUT2D eigenvalue weighted by Gasteiger charge is -2.04. The first-order valence-corrected chi connectivity index (χ1v) is 5.51. The molecule has 0 aliphatic carbocycles. The monoisotopic (exact) mass is 290 g/mol. The highest BCUT2D eigenvalue weighted by Gasteiger charge is 2.12. The Balaban J connectivity index is 2.24. The second-order valence-electron chi connectivity index (χ2n) is 3.20. The van der Waals surface area contributed by atoms with E-state index in [0.29, 0.717) is 21.4 Å². The number of nitrogens with zero attached hydrogens (tertiary/aromatic N) is 2. The minimum Gasteiger partial charge on any atom is -0.306 e. The van der Waals surface area contributed by atoms with Crippen molar-refractivity contribution in [2.45, 2.75) is 0 Å². The molecule has 1 aromatic carbocycles. The lowest BCUT2D eigenvalue weighted by atomic mass is 10.2. The minimum atomic E-state index is -0.307. The maximum absolute atomic E-state index is 11.9. The van der Waals surface area contributed by atoms with Gasteiger partial charge in [-0.25, -0.2) is 0 Å². The van der Waals surface area contributed by atoms with E-state index in [1.807, 2.05) is 12.1 Å². The van der Waals surface area contributed by atoms with Crippen LogP contribution in [-0.2, 0) is 0 Å². The summed E-state index contributed by atoms with van der Waals surface area (Å²) in [6, 6.07) is 8.96. The van der Waals surface area contributed by atoms with Crippen LogP contribution in [0, 0.1) is 11.3 Å². The third-order valence-electron chi connectivity index (χ3n) is 2.12.